The Hall–Kier alpha value is -1.67. The van der Waals surface area contributed by atoms with Crippen LogP contribution in [0.2, 0.25) is 0 Å². The normalized spacial score (nSPS) is 20.5. The molecule has 1 N–H and O–H groups in total. The quantitative estimate of drug-likeness (QED) is 0.901. The van der Waals surface area contributed by atoms with Crippen LogP contribution in [0.4, 0.5) is 0 Å². The van der Waals surface area contributed by atoms with E-state index in [9.17, 15) is 5.11 Å². The Kier molecular flexibility index (Phi) is 3.14. The van der Waals surface area contributed by atoms with E-state index in [4.69, 9.17) is 0 Å². The molecule has 2 nitrogen and oxygen atoms in total. The maximum absolute atomic E-state index is 11.1. The molecule has 20 heavy (non-hydrogen) atoms. The molecule has 0 radical (unpaired) electrons. The highest BCUT2D eigenvalue weighted by molar-refractivity contribution is 5.38. The highest BCUT2D eigenvalue weighted by atomic mass is 16.3. The van der Waals surface area contributed by atoms with Crippen LogP contribution in [-0.2, 0) is 12.0 Å². The summed E-state index contributed by atoms with van der Waals surface area (Å²) in [4.78, 5) is 4.51. The molecule has 0 aliphatic heterocycles. The number of benzene rings is 1. The van der Waals surface area contributed by atoms with Crippen LogP contribution >= 0.6 is 0 Å². The van der Waals surface area contributed by atoms with Crippen LogP contribution in [0.25, 0.3) is 0 Å². The fraction of sp³-hybridized carbons (Fsp3) is 0.389. The minimum atomic E-state index is -0.863. The molecule has 2 atom stereocenters. The maximum atomic E-state index is 11.1. The molecule has 2 heteroatoms. The van der Waals surface area contributed by atoms with E-state index in [-0.39, 0.29) is 5.92 Å². The zero-order valence-electron chi connectivity index (χ0n) is 12.4. The van der Waals surface area contributed by atoms with Crippen molar-refractivity contribution in [1.82, 2.24) is 4.98 Å². The third-order valence-corrected chi connectivity index (χ3v) is 4.73. The van der Waals surface area contributed by atoms with Gasteiger partial charge in [0.15, 0.2) is 0 Å². The molecule has 0 fully saturated rings. The van der Waals surface area contributed by atoms with Crippen molar-refractivity contribution >= 4 is 0 Å². The number of aliphatic hydroxyl groups is 1. The molecular weight excluding hydrogens is 246 g/mol. The molecule has 2 aromatic rings. The monoisotopic (exact) mass is 267 g/mol. The molecule has 2 unspecified atom stereocenters. The molecule has 1 aromatic carbocycles. The molecule has 1 aliphatic rings. The Morgan fingerprint density at radius 2 is 2.00 bits per heavy atom. The van der Waals surface area contributed by atoms with Gasteiger partial charge in [-0.05, 0) is 61.9 Å². The van der Waals surface area contributed by atoms with Gasteiger partial charge in [-0.3, -0.25) is 4.98 Å². The van der Waals surface area contributed by atoms with Gasteiger partial charge in [0, 0.05) is 17.8 Å². The predicted octanol–water partition coefficient (Wildman–Crippen LogP) is 3.64. The summed E-state index contributed by atoms with van der Waals surface area (Å²) in [5.74, 6) is 0.0841. The SMILES string of the molecule is Cc1ccc(C(C)(O)C2CCc3cccnc32)cc1C. The lowest BCUT2D eigenvalue weighted by atomic mass is 9.80. The lowest BCUT2D eigenvalue weighted by Crippen LogP contribution is -2.29. The first-order chi connectivity index (χ1) is 9.50. The number of rotatable bonds is 2. The third-order valence-electron chi connectivity index (χ3n) is 4.73. The third kappa shape index (κ3) is 2.04. The minimum Gasteiger partial charge on any atom is -0.385 e. The van der Waals surface area contributed by atoms with Crippen molar-refractivity contribution in [3.63, 3.8) is 0 Å². The molecule has 3 rings (SSSR count). The minimum absolute atomic E-state index is 0.0841. The van der Waals surface area contributed by atoms with Gasteiger partial charge in [-0.1, -0.05) is 24.3 Å². The number of nitrogens with zero attached hydrogens (tertiary/aromatic N) is 1. The Morgan fingerprint density at radius 1 is 1.20 bits per heavy atom. The van der Waals surface area contributed by atoms with Gasteiger partial charge in [0.1, 0.15) is 0 Å². The van der Waals surface area contributed by atoms with Crippen molar-refractivity contribution in [3.05, 3.63) is 64.5 Å². The first-order valence-electron chi connectivity index (χ1n) is 7.24. The van der Waals surface area contributed by atoms with Crippen LogP contribution in [0.5, 0.6) is 0 Å². The zero-order valence-corrected chi connectivity index (χ0v) is 12.4. The Bertz CT molecular complexity index is 646. The molecule has 0 saturated carbocycles. The van der Waals surface area contributed by atoms with Crippen LogP contribution in [0.1, 0.15) is 47.2 Å². The standard InChI is InChI=1S/C18H21NO/c1-12-6-8-15(11-13(12)2)18(3,20)16-9-7-14-5-4-10-19-17(14)16/h4-6,8,10-11,16,20H,7,9H2,1-3H3. The first kappa shape index (κ1) is 13.3. The molecule has 0 amide bonds. The fourth-order valence-corrected chi connectivity index (χ4v) is 3.22. The second-order valence-electron chi connectivity index (χ2n) is 6.09. The molecule has 1 heterocycles. The Labute approximate surface area is 120 Å². The van der Waals surface area contributed by atoms with Gasteiger partial charge in [0.25, 0.3) is 0 Å². The average molecular weight is 267 g/mol. The summed E-state index contributed by atoms with van der Waals surface area (Å²) in [5.41, 5.74) is 4.95. The summed E-state index contributed by atoms with van der Waals surface area (Å²) in [6, 6.07) is 10.3. The second-order valence-corrected chi connectivity index (χ2v) is 6.09. The Morgan fingerprint density at radius 3 is 2.75 bits per heavy atom. The molecule has 1 aromatic heterocycles. The van der Waals surface area contributed by atoms with E-state index in [0.29, 0.717) is 0 Å². The highest BCUT2D eigenvalue weighted by Crippen LogP contribution is 2.44. The van der Waals surface area contributed by atoms with Crippen molar-refractivity contribution in [1.29, 1.82) is 0 Å². The fourth-order valence-electron chi connectivity index (χ4n) is 3.22. The lowest BCUT2D eigenvalue weighted by molar-refractivity contribution is 0.0255. The summed E-state index contributed by atoms with van der Waals surface area (Å²) in [6.45, 7) is 6.11. The largest absolute Gasteiger partial charge is 0.385 e. The van der Waals surface area contributed by atoms with Crippen molar-refractivity contribution in [2.75, 3.05) is 0 Å². The molecule has 1 aliphatic carbocycles. The van der Waals surface area contributed by atoms with Crippen LogP contribution in [0.3, 0.4) is 0 Å². The van der Waals surface area contributed by atoms with Crippen LogP contribution in [0.15, 0.2) is 36.5 Å². The van der Waals surface area contributed by atoms with E-state index in [1.165, 1.54) is 16.7 Å². The number of aromatic nitrogens is 1. The maximum Gasteiger partial charge on any atom is 0.0952 e. The topological polar surface area (TPSA) is 33.1 Å². The highest BCUT2D eigenvalue weighted by Gasteiger charge is 2.39. The van der Waals surface area contributed by atoms with Crippen molar-refractivity contribution < 1.29 is 5.11 Å². The molecule has 0 spiro atoms. The number of pyridine rings is 1. The van der Waals surface area contributed by atoms with Gasteiger partial charge in [-0.2, -0.15) is 0 Å². The lowest BCUT2D eigenvalue weighted by Gasteiger charge is -2.31. The molecule has 0 saturated heterocycles. The van der Waals surface area contributed by atoms with Crippen LogP contribution in [0, 0.1) is 13.8 Å². The summed E-state index contributed by atoms with van der Waals surface area (Å²) in [6.07, 6.45) is 3.80. The number of fused-ring (bicyclic) bond motifs is 1. The van der Waals surface area contributed by atoms with Gasteiger partial charge in [-0.25, -0.2) is 0 Å². The summed E-state index contributed by atoms with van der Waals surface area (Å²) >= 11 is 0. The Balaban J connectivity index is 2.02. The molecule has 104 valence electrons. The smallest absolute Gasteiger partial charge is 0.0952 e. The van der Waals surface area contributed by atoms with E-state index in [2.05, 4.69) is 37.0 Å². The second kappa shape index (κ2) is 4.71. The summed E-state index contributed by atoms with van der Waals surface area (Å²) in [7, 11) is 0. The van der Waals surface area contributed by atoms with Crippen molar-refractivity contribution in [2.24, 2.45) is 0 Å². The van der Waals surface area contributed by atoms with Crippen LogP contribution < -0.4 is 0 Å². The van der Waals surface area contributed by atoms with Gasteiger partial charge in [-0.15, -0.1) is 0 Å². The van der Waals surface area contributed by atoms with Gasteiger partial charge >= 0.3 is 0 Å². The van der Waals surface area contributed by atoms with E-state index in [0.717, 1.165) is 24.1 Å². The summed E-state index contributed by atoms with van der Waals surface area (Å²) < 4.78 is 0. The van der Waals surface area contributed by atoms with Gasteiger partial charge < -0.3 is 5.11 Å². The summed E-state index contributed by atoms with van der Waals surface area (Å²) in [5, 5.41) is 11.1. The predicted molar refractivity (Wildman–Crippen MR) is 80.8 cm³/mol. The van der Waals surface area contributed by atoms with Crippen LogP contribution in [-0.4, -0.2) is 10.1 Å². The number of hydrogen-bond donors (Lipinski definition) is 1. The molecule has 0 bridgehead atoms. The average Bonchev–Trinajstić information content (AvgIpc) is 2.86. The van der Waals surface area contributed by atoms with Crippen molar-refractivity contribution in [2.45, 2.75) is 45.1 Å². The molecular formula is C18H21NO. The van der Waals surface area contributed by atoms with Gasteiger partial charge in [0.05, 0.1) is 5.60 Å². The first-order valence-corrected chi connectivity index (χ1v) is 7.24. The zero-order chi connectivity index (χ0) is 14.3. The van der Waals surface area contributed by atoms with Crippen molar-refractivity contribution in [3.8, 4) is 0 Å². The number of hydrogen-bond acceptors (Lipinski definition) is 2. The van der Waals surface area contributed by atoms with E-state index in [1.54, 1.807) is 0 Å². The number of aryl methyl sites for hydroxylation is 3. The van der Waals surface area contributed by atoms with E-state index < -0.39 is 5.60 Å². The van der Waals surface area contributed by atoms with Gasteiger partial charge in [0.2, 0.25) is 0 Å². The van der Waals surface area contributed by atoms with E-state index >= 15 is 0 Å². The van der Waals surface area contributed by atoms with E-state index in [1.807, 2.05) is 25.3 Å².